The third-order valence-electron chi connectivity index (χ3n) is 13.5. The van der Waals surface area contributed by atoms with Crippen LogP contribution in [0, 0.1) is 0 Å². The van der Waals surface area contributed by atoms with Crippen molar-refractivity contribution in [2.75, 3.05) is 0 Å². The Balaban J connectivity index is 1.02. The molecule has 0 amide bonds. The molecule has 4 heterocycles. The van der Waals surface area contributed by atoms with E-state index in [1.807, 2.05) is 11.3 Å². The molecule has 64 heavy (non-hydrogen) atoms. The third kappa shape index (κ3) is 4.97. The van der Waals surface area contributed by atoms with Crippen LogP contribution in [-0.4, -0.2) is 13.7 Å². The van der Waals surface area contributed by atoms with E-state index in [9.17, 15) is 0 Å². The number of hydrogen-bond donors (Lipinski definition) is 0. The molecular weight excluding hydrogens is 795 g/mol. The predicted molar refractivity (Wildman–Crippen MR) is 273 cm³/mol. The highest BCUT2D eigenvalue weighted by Gasteiger charge is 2.24. The van der Waals surface area contributed by atoms with Crippen LogP contribution in [0.5, 0.6) is 0 Å². The maximum Gasteiger partial charge on any atom is 0.0549 e. The average molecular weight is 832 g/mol. The summed E-state index contributed by atoms with van der Waals surface area (Å²) in [5.74, 6) is 0. The predicted octanol–water partition coefficient (Wildman–Crippen LogP) is 16.7. The maximum atomic E-state index is 2.51. The molecule has 0 atom stereocenters. The largest absolute Gasteiger partial charge is 0.309 e. The van der Waals surface area contributed by atoms with E-state index < -0.39 is 0 Å². The van der Waals surface area contributed by atoms with E-state index in [1.54, 1.807) is 0 Å². The van der Waals surface area contributed by atoms with Crippen LogP contribution in [0.1, 0.15) is 0 Å². The summed E-state index contributed by atoms with van der Waals surface area (Å²) < 4.78 is 10.0. The second-order valence-corrected chi connectivity index (χ2v) is 17.9. The van der Waals surface area contributed by atoms with E-state index in [4.69, 9.17) is 0 Å². The van der Waals surface area contributed by atoms with Gasteiger partial charge >= 0.3 is 0 Å². The topological polar surface area (TPSA) is 14.8 Å². The quantitative estimate of drug-likeness (QED) is 0.164. The van der Waals surface area contributed by atoms with Crippen LogP contribution in [0.2, 0.25) is 0 Å². The smallest absolute Gasteiger partial charge is 0.0549 e. The van der Waals surface area contributed by atoms with Gasteiger partial charge in [-0.25, -0.2) is 0 Å². The number of fused-ring (bicyclic) bond motifs is 13. The van der Waals surface area contributed by atoms with Gasteiger partial charge < -0.3 is 13.7 Å². The summed E-state index contributed by atoms with van der Waals surface area (Å²) in [7, 11) is 0. The van der Waals surface area contributed by atoms with Gasteiger partial charge in [0.2, 0.25) is 0 Å². The summed E-state index contributed by atoms with van der Waals surface area (Å²) in [5, 5.41) is 10.1. The first-order valence-corrected chi connectivity index (χ1v) is 22.8. The molecule has 0 bridgehead atoms. The van der Waals surface area contributed by atoms with Crippen molar-refractivity contribution in [1.82, 2.24) is 13.7 Å². The zero-order chi connectivity index (χ0) is 41.9. The standard InChI is InChI=1S/C60H37N3S/c1-2-17-39(18-3-1)61-49-27-11-6-21-42(49)47-37-38(33-34-53(47)61)40-19-4-10-26-48(40)62-51-29-13-7-22-44(51)59-54(62)35-36-55-60(59)45-23-8-14-30-52(45)63(55)50-28-12-5-20-41(50)43-25-16-32-57-58(43)46-24-9-15-31-56(46)64-57/h1-37H. The molecule has 0 fully saturated rings. The van der Waals surface area contributed by atoms with Crippen LogP contribution < -0.4 is 0 Å². The molecule has 0 aliphatic carbocycles. The lowest BCUT2D eigenvalue weighted by atomic mass is 9.98. The van der Waals surface area contributed by atoms with Crippen LogP contribution in [-0.2, 0) is 0 Å². The first kappa shape index (κ1) is 35.4. The summed E-state index contributed by atoms with van der Waals surface area (Å²) in [6.45, 7) is 0. The van der Waals surface area contributed by atoms with Crippen LogP contribution in [0.4, 0.5) is 0 Å². The zero-order valence-electron chi connectivity index (χ0n) is 34.6. The van der Waals surface area contributed by atoms with Gasteiger partial charge in [0.05, 0.1) is 44.5 Å². The van der Waals surface area contributed by atoms with Crippen LogP contribution in [0.3, 0.4) is 0 Å². The molecule has 0 N–H and O–H groups in total. The fourth-order valence-electron chi connectivity index (χ4n) is 10.8. The van der Waals surface area contributed by atoms with Crippen LogP contribution in [0.15, 0.2) is 224 Å². The lowest BCUT2D eigenvalue weighted by molar-refractivity contribution is 1.17. The SMILES string of the molecule is c1ccc(-n2c3ccccc3c3cc(-c4ccccc4-n4c5ccccc5c5c6c7ccccc7n(-c7ccccc7-c7cccc8sc9ccccc9c78)c6ccc54)ccc32)cc1. The lowest BCUT2D eigenvalue weighted by Crippen LogP contribution is -1.98. The Kier molecular flexibility index (Phi) is 7.56. The highest BCUT2D eigenvalue weighted by Crippen LogP contribution is 2.47. The molecule has 0 aliphatic heterocycles. The summed E-state index contributed by atoms with van der Waals surface area (Å²) in [4.78, 5) is 0. The molecule has 3 nitrogen and oxygen atoms in total. The van der Waals surface area contributed by atoms with Crippen molar-refractivity contribution in [2.24, 2.45) is 0 Å². The minimum Gasteiger partial charge on any atom is -0.309 e. The van der Waals surface area contributed by atoms with Crippen molar-refractivity contribution in [2.45, 2.75) is 0 Å². The van der Waals surface area contributed by atoms with Gasteiger partial charge in [-0.15, -0.1) is 11.3 Å². The van der Waals surface area contributed by atoms with Crippen molar-refractivity contribution in [3.63, 3.8) is 0 Å². The second-order valence-electron chi connectivity index (χ2n) is 16.8. The van der Waals surface area contributed by atoms with Crippen molar-refractivity contribution < 1.29 is 0 Å². The number of hydrogen-bond acceptors (Lipinski definition) is 1. The van der Waals surface area contributed by atoms with Crippen LogP contribution >= 0.6 is 11.3 Å². The van der Waals surface area contributed by atoms with E-state index in [-0.39, 0.29) is 0 Å². The molecule has 0 saturated carbocycles. The van der Waals surface area contributed by atoms with E-state index in [0.29, 0.717) is 0 Å². The number of rotatable bonds is 5. The van der Waals surface area contributed by atoms with Gasteiger partial charge in [-0.2, -0.15) is 0 Å². The number of benzene rings is 10. The molecule has 0 saturated heterocycles. The Morgan fingerprint density at radius 2 is 0.750 bits per heavy atom. The Hall–Kier alpha value is -8.18. The van der Waals surface area contributed by atoms with Crippen molar-refractivity contribution in [3.8, 4) is 39.3 Å². The van der Waals surface area contributed by atoms with Gasteiger partial charge in [0.25, 0.3) is 0 Å². The molecule has 0 unspecified atom stereocenters. The van der Waals surface area contributed by atoms with Gasteiger partial charge in [-0.05, 0) is 90.0 Å². The first-order valence-electron chi connectivity index (χ1n) is 21.9. The number of thiophene rings is 1. The minimum absolute atomic E-state index is 1.16. The molecule has 10 aromatic carbocycles. The maximum absolute atomic E-state index is 2.51. The molecule has 4 heteroatoms. The van der Waals surface area contributed by atoms with Crippen molar-refractivity contribution >= 4 is 96.9 Å². The number of aromatic nitrogens is 3. The molecule has 0 aliphatic rings. The van der Waals surface area contributed by atoms with E-state index in [0.717, 1.165) is 11.4 Å². The number of para-hydroxylation sites is 6. The first-order chi connectivity index (χ1) is 31.8. The zero-order valence-corrected chi connectivity index (χ0v) is 35.4. The monoisotopic (exact) mass is 831 g/mol. The van der Waals surface area contributed by atoms with Crippen LogP contribution in [0.25, 0.3) is 125 Å². The van der Waals surface area contributed by atoms with Gasteiger partial charge in [-0.1, -0.05) is 146 Å². The highest BCUT2D eigenvalue weighted by molar-refractivity contribution is 7.25. The van der Waals surface area contributed by atoms with E-state index in [2.05, 4.69) is 238 Å². The fourth-order valence-corrected chi connectivity index (χ4v) is 12.0. The number of nitrogens with zero attached hydrogens (tertiary/aromatic N) is 3. The van der Waals surface area contributed by atoms with Gasteiger partial charge in [-0.3, -0.25) is 0 Å². The Bertz CT molecular complexity index is 4200. The third-order valence-corrected chi connectivity index (χ3v) is 14.6. The van der Waals surface area contributed by atoms with Gasteiger partial charge in [0.15, 0.2) is 0 Å². The summed E-state index contributed by atoms with van der Waals surface area (Å²) in [5.41, 5.74) is 15.5. The molecule has 14 aromatic rings. The normalized spacial score (nSPS) is 12.1. The highest BCUT2D eigenvalue weighted by atomic mass is 32.1. The molecular formula is C60H37N3S. The second kappa shape index (κ2) is 13.7. The fraction of sp³-hybridized carbons (Fsp3) is 0. The Morgan fingerprint density at radius 3 is 1.45 bits per heavy atom. The van der Waals surface area contributed by atoms with Gasteiger partial charge in [0.1, 0.15) is 0 Å². The van der Waals surface area contributed by atoms with E-state index in [1.165, 1.54) is 114 Å². The van der Waals surface area contributed by atoms with Crippen molar-refractivity contribution in [1.29, 1.82) is 0 Å². The van der Waals surface area contributed by atoms with Gasteiger partial charge in [0, 0.05) is 69.3 Å². The Morgan fingerprint density at radius 1 is 0.266 bits per heavy atom. The lowest BCUT2D eigenvalue weighted by Gasteiger charge is -2.16. The average Bonchev–Trinajstić information content (AvgIpc) is 4.10. The van der Waals surface area contributed by atoms with Crippen molar-refractivity contribution in [3.05, 3.63) is 224 Å². The molecule has 4 aromatic heterocycles. The summed E-state index contributed by atoms with van der Waals surface area (Å²) in [6.07, 6.45) is 0. The minimum atomic E-state index is 1.16. The molecule has 0 radical (unpaired) electrons. The molecule has 14 rings (SSSR count). The molecule has 0 spiro atoms. The van der Waals surface area contributed by atoms with E-state index >= 15 is 0 Å². The summed E-state index contributed by atoms with van der Waals surface area (Å²) in [6, 6.07) is 82.6. The molecule has 298 valence electrons. The Labute approximate surface area is 372 Å². The summed E-state index contributed by atoms with van der Waals surface area (Å²) >= 11 is 1.87.